The summed E-state index contributed by atoms with van der Waals surface area (Å²) in [6, 6.07) is 10.1. The molecule has 1 aliphatic rings. The van der Waals surface area contributed by atoms with Gasteiger partial charge < -0.3 is 18.8 Å². The molecule has 2 aromatic heterocycles. The summed E-state index contributed by atoms with van der Waals surface area (Å²) in [4.78, 5) is 19.7. The number of amides is 1. The predicted octanol–water partition coefficient (Wildman–Crippen LogP) is 3.65. The molecular formula is C23H27N3O3. The predicted molar refractivity (Wildman–Crippen MR) is 111 cm³/mol. The van der Waals surface area contributed by atoms with Crippen LogP contribution in [0.4, 0.5) is 0 Å². The molecule has 0 aliphatic carbocycles. The molecule has 1 atom stereocenters. The molecule has 0 fully saturated rings. The number of fused-ring (bicyclic) bond motifs is 2. The quantitative estimate of drug-likeness (QED) is 0.575. The van der Waals surface area contributed by atoms with E-state index >= 15 is 0 Å². The van der Waals surface area contributed by atoms with Crippen LogP contribution in [-0.2, 0) is 17.7 Å². The first kappa shape index (κ1) is 19.5. The van der Waals surface area contributed by atoms with Gasteiger partial charge in [0, 0.05) is 45.6 Å². The first-order chi connectivity index (χ1) is 14.0. The molecule has 0 saturated heterocycles. The third-order valence-electron chi connectivity index (χ3n) is 5.22. The van der Waals surface area contributed by atoms with E-state index in [-0.39, 0.29) is 12.0 Å². The number of aromatic nitrogens is 2. The lowest BCUT2D eigenvalue weighted by Crippen LogP contribution is -2.32. The number of benzene rings is 1. The van der Waals surface area contributed by atoms with Crippen LogP contribution in [0.2, 0.25) is 0 Å². The van der Waals surface area contributed by atoms with Gasteiger partial charge in [-0.25, -0.2) is 4.98 Å². The van der Waals surface area contributed by atoms with Crippen LogP contribution in [0.25, 0.3) is 5.65 Å². The molecule has 3 aromatic rings. The van der Waals surface area contributed by atoms with E-state index in [4.69, 9.17) is 9.47 Å². The maximum absolute atomic E-state index is 13.3. The van der Waals surface area contributed by atoms with Gasteiger partial charge in [-0.3, -0.25) is 4.79 Å². The highest BCUT2D eigenvalue weighted by molar-refractivity contribution is 5.93. The average molecular weight is 393 g/mol. The van der Waals surface area contributed by atoms with Crippen molar-refractivity contribution in [3.05, 3.63) is 65.1 Å². The smallest absolute Gasteiger partial charge is 0.274 e. The van der Waals surface area contributed by atoms with E-state index in [0.717, 1.165) is 35.4 Å². The maximum atomic E-state index is 13.3. The Balaban J connectivity index is 1.57. The number of ether oxygens (including phenoxy) is 2. The Bertz CT molecular complexity index is 1030. The Hall–Kier alpha value is -2.86. The van der Waals surface area contributed by atoms with E-state index in [1.54, 1.807) is 7.11 Å². The molecule has 6 heteroatoms. The van der Waals surface area contributed by atoms with Crippen LogP contribution < -0.4 is 4.74 Å². The summed E-state index contributed by atoms with van der Waals surface area (Å²) in [6.07, 6.45) is 5.69. The Labute approximate surface area is 171 Å². The highest BCUT2D eigenvalue weighted by Crippen LogP contribution is 2.29. The van der Waals surface area contributed by atoms with Gasteiger partial charge in [0.05, 0.1) is 0 Å². The van der Waals surface area contributed by atoms with E-state index in [0.29, 0.717) is 25.4 Å². The largest absolute Gasteiger partial charge is 0.490 e. The Morgan fingerprint density at radius 1 is 1.31 bits per heavy atom. The molecular weight excluding hydrogens is 366 g/mol. The number of carbonyl (C=O) groups is 1. The highest BCUT2D eigenvalue weighted by Gasteiger charge is 2.22. The summed E-state index contributed by atoms with van der Waals surface area (Å²) in [5.41, 5.74) is 4.68. The van der Waals surface area contributed by atoms with Crippen molar-refractivity contribution in [2.45, 2.75) is 39.3 Å². The molecule has 29 heavy (non-hydrogen) atoms. The Kier molecular flexibility index (Phi) is 5.53. The number of aryl methyl sites for hydroxylation is 1. The standard InChI is InChI=1S/C23H27N3O3/c1-16-5-8-22-24-20(15-26(22)13-16)23(27)25(9-4-10-28-3)14-18-6-7-21-19(12-18)11-17(2)29-21/h5-8,12-13,15,17H,4,9-11,14H2,1-3H3/t17-/m0/s1. The zero-order valence-electron chi connectivity index (χ0n) is 17.2. The van der Waals surface area contributed by atoms with Gasteiger partial charge in [0.2, 0.25) is 0 Å². The molecule has 3 heterocycles. The van der Waals surface area contributed by atoms with Crippen molar-refractivity contribution in [3.63, 3.8) is 0 Å². The SMILES string of the molecule is COCCCN(Cc1ccc2c(c1)C[C@H](C)O2)C(=O)c1cn2cc(C)ccc2n1. The van der Waals surface area contributed by atoms with E-state index in [9.17, 15) is 4.79 Å². The van der Waals surface area contributed by atoms with Crippen LogP contribution in [0.15, 0.2) is 42.7 Å². The second-order valence-electron chi connectivity index (χ2n) is 7.75. The lowest BCUT2D eigenvalue weighted by Gasteiger charge is -2.22. The van der Waals surface area contributed by atoms with Gasteiger partial charge in [0.25, 0.3) is 5.91 Å². The van der Waals surface area contributed by atoms with Crippen LogP contribution in [0.5, 0.6) is 5.75 Å². The van der Waals surface area contributed by atoms with E-state index in [1.165, 1.54) is 5.56 Å². The van der Waals surface area contributed by atoms with Crippen LogP contribution in [-0.4, -0.2) is 46.6 Å². The van der Waals surface area contributed by atoms with Gasteiger partial charge in [0.15, 0.2) is 0 Å². The van der Waals surface area contributed by atoms with Crippen molar-refractivity contribution in [3.8, 4) is 5.75 Å². The number of imidazole rings is 1. The molecule has 152 valence electrons. The van der Waals surface area contributed by atoms with Gasteiger partial charge in [-0.05, 0) is 49.1 Å². The molecule has 1 aliphatic heterocycles. The Morgan fingerprint density at radius 3 is 3.00 bits per heavy atom. The zero-order chi connectivity index (χ0) is 20.4. The van der Waals surface area contributed by atoms with E-state index < -0.39 is 0 Å². The summed E-state index contributed by atoms with van der Waals surface area (Å²) in [5.74, 6) is 0.891. The lowest BCUT2D eigenvalue weighted by molar-refractivity contribution is 0.0718. The summed E-state index contributed by atoms with van der Waals surface area (Å²) >= 11 is 0. The topological polar surface area (TPSA) is 56.1 Å². The third-order valence-corrected chi connectivity index (χ3v) is 5.22. The minimum Gasteiger partial charge on any atom is -0.490 e. The fraction of sp³-hybridized carbons (Fsp3) is 0.391. The number of carbonyl (C=O) groups excluding carboxylic acids is 1. The molecule has 0 N–H and O–H groups in total. The first-order valence-electron chi connectivity index (χ1n) is 10.1. The molecule has 0 bridgehead atoms. The third kappa shape index (κ3) is 4.27. The monoisotopic (exact) mass is 393 g/mol. The number of nitrogens with zero attached hydrogens (tertiary/aromatic N) is 3. The molecule has 6 nitrogen and oxygen atoms in total. The molecule has 0 radical (unpaired) electrons. The number of methoxy groups -OCH3 is 1. The second kappa shape index (κ2) is 8.25. The van der Waals surface area contributed by atoms with Gasteiger partial charge in [0.1, 0.15) is 23.2 Å². The minimum absolute atomic E-state index is 0.0624. The molecule has 0 unspecified atom stereocenters. The van der Waals surface area contributed by atoms with Crippen LogP contribution in [0.3, 0.4) is 0 Å². The van der Waals surface area contributed by atoms with Crippen LogP contribution in [0.1, 0.15) is 40.5 Å². The Morgan fingerprint density at radius 2 is 2.17 bits per heavy atom. The maximum Gasteiger partial charge on any atom is 0.274 e. The zero-order valence-corrected chi connectivity index (χ0v) is 17.2. The average Bonchev–Trinajstić information content (AvgIpc) is 3.28. The number of hydrogen-bond donors (Lipinski definition) is 0. The summed E-state index contributed by atoms with van der Waals surface area (Å²) < 4.78 is 12.9. The van der Waals surface area contributed by atoms with E-state index in [1.807, 2.05) is 52.9 Å². The fourth-order valence-electron chi connectivity index (χ4n) is 3.81. The number of rotatable bonds is 7. The second-order valence-corrected chi connectivity index (χ2v) is 7.75. The van der Waals surface area contributed by atoms with Crippen LogP contribution >= 0.6 is 0 Å². The van der Waals surface area contributed by atoms with Crippen LogP contribution in [0, 0.1) is 6.92 Å². The molecule has 1 amide bonds. The molecule has 0 spiro atoms. The van der Waals surface area contributed by atoms with Crippen molar-refractivity contribution in [2.75, 3.05) is 20.3 Å². The number of hydrogen-bond acceptors (Lipinski definition) is 4. The molecule has 0 saturated carbocycles. The van der Waals surface area contributed by atoms with E-state index in [2.05, 4.69) is 18.0 Å². The van der Waals surface area contributed by atoms with Gasteiger partial charge >= 0.3 is 0 Å². The van der Waals surface area contributed by atoms with Gasteiger partial charge in [-0.15, -0.1) is 0 Å². The summed E-state index contributed by atoms with van der Waals surface area (Å²) in [6.45, 7) is 5.87. The van der Waals surface area contributed by atoms with Crippen molar-refractivity contribution >= 4 is 11.6 Å². The lowest BCUT2D eigenvalue weighted by atomic mass is 10.1. The van der Waals surface area contributed by atoms with Gasteiger partial charge in [-0.1, -0.05) is 18.2 Å². The highest BCUT2D eigenvalue weighted by atomic mass is 16.5. The minimum atomic E-state index is -0.0624. The first-order valence-corrected chi connectivity index (χ1v) is 10.1. The fourth-order valence-corrected chi connectivity index (χ4v) is 3.81. The van der Waals surface area contributed by atoms with Crippen molar-refractivity contribution < 1.29 is 14.3 Å². The number of pyridine rings is 1. The summed E-state index contributed by atoms with van der Waals surface area (Å²) in [7, 11) is 1.68. The van der Waals surface area contributed by atoms with Crippen molar-refractivity contribution in [2.24, 2.45) is 0 Å². The van der Waals surface area contributed by atoms with Crippen molar-refractivity contribution in [1.29, 1.82) is 0 Å². The summed E-state index contributed by atoms with van der Waals surface area (Å²) in [5, 5.41) is 0. The van der Waals surface area contributed by atoms with Gasteiger partial charge in [-0.2, -0.15) is 0 Å². The molecule has 4 rings (SSSR count). The molecule has 1 aromatic carbocycles. The normalized spacial score (nSPS) is 15.3. The van der Waals surface area contributed by atoms with Crippen molar-refractivity contribution in [1.82, 2.24) is 14.3 Å².